The van der Waals surface area contributed by atoms with Crippen molar-refractivity contribution in [1.82, 2.24) is 19.6 Å². The number of hydrogen-bond donors (Lipinski definition) is 0. The van der Waals surface area contributed by atoms with E-state index < -0.39 is 0 Å². The zero-order chi connectivity index (χ0) is 20.2. The van der Waals surface area contributed by atoms with Gasteiger partial charge in [0, 0.05) is 43.9 Å². The molecule has 0 unspecified atom stereocenters. The summed E-state index contributed by atoms with van der Waals surface area (Å²) in [7, 11) is 3.87. The molecule has 2 heterocycles. The van der Waals surface area contributed by atoms with E-state index in [0.717, 1.165) is 49.8 Å². The lowest BCUT2D eigenvalue weighted by Crippen LogP contribution is -2.45. The molecule has 1 aliphatic heterocycles. The molecule has 1 aromatic rings. The predicted molar refractivity (Wildman–Crippen MR) is 107 cm³/mol. The minimum Gasteiger partial charge on any atom is -0.342 e. The van der Waals surface area contributed by atoms with Crippen LogP contribution in [0.4, 0.5) is 0 Å². The highest BCUT2D eigenvalue weighted by molar-refractivity contribution is 5.91. The second-order valence-electron chi connectivity index (χ2n) is 9.94. The van der Waals surface area contributed by atoms with Gasteiger partial charge in [0.05, 0.1) is 18.2 Å². The van der Waals surface area contributed by atoms with Gasteiger partial charge < -0.3 is 9.80 Å². The van der Waals surface area contributed by atoms with Crippen LogP contribution < -0.4 is 0 Å². The second kappa shape index (κ2) is 6.89. The molecule has 1 aromatic heterocycles. The van der Waals surface area contributed by atoms with Gasteiger partial charge in [-0.3, -0.25) is 14.3 Å². The Labute approximate surface area is 168 Å². The largest absolute Gasteiger partial charge is 0.342 e. The maximum absolute atomic E-state index is 13.6. The van der Waals surface area contributed by atoms with Crippen molar-refractivity contribution in [3.8, 4) is 0 Å². The van der Waals surface area contributed by atoms with Crippen LogP contribution in [-0.2, 0) is 16.6 Å². The molecule has 6 nitrogen and oxygen atoms in total. The molecule has 0 bridgehead atoms. The van der Waals surface area contributed by atoms with Crippen LogP contribution in [0.25, 0.3) is 0 Å². The highest BCUT2D eigenvalue weighted by atomic mass is 16.2. The van der Waals surface area contributed by atoms with Crippen molar-refractivity contribution in [2.24, 2.45) is 18.4 Å². The average Bonchev–Trinajstić information content (AvgIpc) is 3.36. The van der Waals surface area contributed by atoms with Gasteiger partial charge in [0.2, 0.25) is 11.8 Å². The Morgan fingerprint density at radius 1 is 1.21 bits per heavy atom. The van der Waals surface area contributed by atoms with Crippen molar-refractivity contribution in [3.05, 3.63) is 17.5 Å². The van der Waals surface area contributed by atoms with Crippen LogP contribution in [0, 0.1) is 18.3 Å². The molecule has 2 saturated carbocycles. The number of likely N-dealkylation sites (tertiary alicyclic amines) is 1. The molecule has 2 atom stereocenters. The molecule has 1 saturated heterocycles. The van der Waals surface area contributed by atoms with E-state index >= 15 is 0 Å². The summed E-state index contributed by atoms with van der Waals surface area (Å²) in [6.07, 6.45) is 8.70. The third-order valence-electron chi connectivity index (χ3n) is 7.42. The van der Waals surface area contributed by atoms with Gasteiger partial charge in [0.25, 0.3) is 0 Å². The Morgan fingerprint density at radius 3 is 2.39 bits per heavy atom. The third kappa shape index (κ3) is 3.35. The van der Waals surface area contributed by atoms with Gasteiger partial charge in [0.1, 0.15) is 0 Å². The number of hydrogen-bond acceptors (Lipinski definition) is 3. The van der Waals surface area contributed by atoms with E-state index in [-0.39, 0.29) is 23.8 Å². The minimum atomic E-state index is -0.295. The Hall–Kier alpha value is -1.85. The summed E-state index contributed by atoms with van der Waals surface area (Å²) in [5.41, 5.74) is 2.46. The van der Waals surface area contributed by atoms with Gasteiger partial charge in [0.15, 0.2) is 0 Å². The normalized spacial score (nSPS) is 28.0. The van der Waals surface area contributed by atoms with E-state index in [0.29, 0.717) is 23.9 Å². The SMILES string of the molecule is Cc1c([C@H]2[C@H](C(=O)N(C)C3CCC(C)(C)CC3)CC(=O)N2C2CC2)cnn1C. The van der Waals surface area contributed by atoms with Crippen molar-refractivity contribution in [2.75, 3.05) is 7.05 Å². The molecule has 0 aromatic carbocycles. The quantitative estimate of drug-likeness (QED) is 0.798. The topological polar surface area (TPSA) is 58.4 Å². The molecule has 0 N–H and O–H groups in total. The minimum absolute atomic E-state index is 0.132. The summed E-state index contributed by atoms with van der Waals surface area (Å²) in [5, 5.41) is 4.40. The van der Waals surface area contributed by atoms with Crippen molar-refractivity contribution in [3.63, 3.8) is 0 Å². The van der Waals surface area contributed by atoms with E-state index in [1.54, 1.807) is 0 Å². The summed E-state index contributed by atoms with van der Waals surface area (Å²) in [6, 6.07) is 0.431. The van der Waals surface area contributed by atoms with E-state index in [1.165, 1.54) is 0 Å². The molecule has 3 aliphatic rings. The number of aromatic nitrogens is 2. The van der Waals surface area contributed by atoms with Crippen LogP contribution in [-0.4, -0.2) is 50.5 Å². The van der Waals surface area contributed by atoms with Crippen LogP contribution in [0.2, 0.25) is 0 Å². The first-order valence-corrected chi connectivity index (χ1v) is 10.8. The van der Waals surface area contributed by atoms with Gasteiger partial charge >= 0.3 is 0 Å². The van der Waals surface area contributed by atoms with E-state index in [4.69, 9.17) is 0 Å². The van der Waals surface area contributed by atoms with E-state index in [9.17, 15) is 9.59 Å². The zero-order valence-corrected chi connectivity index (χ0v) is 17.9. The maximum atomic E-state index is 13.6. The number of carbonyl (C=O) groups is 2. The molecule has 28 heavy (non-hydrogen) atoms. The number of nitrogens with zero attached hydrogens (tertiary/aromatic N) is 4. The Morgan fingerprint density at radius 2 is 1.86 bits per heavy atom. The lowest BCUT2D eigenvalue weighted by molar-refractivity contribution is -0.138. The van der Waals surface area contributed by atoms with Crippen molar-refractivity contribution >= 4 is 11.8 Å². The first-order valence-electron chi connectivity index (χ1n) is 10.8. The molecule has 2 aliphatic carbocycles. The molecule has 4 rings (SSSR count). The number of rotatable bonds is 4. The molecular formula is C22H34N4O2. The van der Waals surface area contributed by atoms with E-state index in [2.05, 4.69) is 18.9 Å². The summed E-state index contributed by atoms with van der Waals surface area (Å²) < 4.78 is 1.84. The van der Waals surface area contributed by atoms with Crippen molar-refractivity contribution in [1.29, 1.82) is 0 Å². The molecular weight excluding hydrogens is 352 g/mol. The number of amides is 2. The fourth-order valence-electron chi connectivity index (χ4n) is 5.15. The zero-order valence-electron chi connectivity index (χ0n) is 17.9. The third-order valence-corrected chi connectivity index (χ3v) is 7.42. The van der Waals surface area contributed by atoms with Gasteiger partial charge in [-0.25, -0.2) is 0 Å². The molecule has 0 radical (unpaired) electrons. The maximum Gasteiger partial charge on any atom is 0.228 e. The highest BCUT2D eigenvalue weighted by Crippen LogP contribution is 2.47. The fourth-order valence-corrected chi connectivity index (χ4v) is 5.15. The Kier molecular flexibility index (Phi) is 4.79. The summed E-state index contributed by atoms with van der Waals surface area (Å²) >= 11 is 0. The van der Waals surface area contributed by atoms with Gasteiger partial charge in [-0.15, -0.1) is 0 Å². The highest BCUT2D eigenvalue weighted by Gasteiger charge is 2.51. The fraction of sp³-hybridized carbons (Fsp3) is 0.773. The Bertz CT molecular complexity index is 769. The number of carbonyl (C=O) groups excluding carboxylic acids is 2. The van der Waals surface area contributed by atoms with Crippen molar-refractivity contribution in [2.45, 2.75) is 83.8 Å². The van der Waals surface area contributed by atoms with Crippen LogP contribution in [0.3, 0.4) is 0 Å². The molecule has 3 fully saturated rings. The smallest absolute Gasteiger partial charge is 0.228 e. The van der Waals surface area contributed by atoms with Crippen LogP contribution in [0.15, 0.2) is 6.20 Å². The van der Waals surface area contributed by atoms with Crippen LogP contribution in [0.1, 0.15) is 76.1 Å². The van der Waals surface area contributed by atoms with Gasteiger partial charge in [-0.05, 0) is 50.9 Å². The average molecular weight is 387 g/mol. The monoisotopic (exact) mass is 386 g/mol. The lowest BCUT2D eigenvalue weighted by Gasteiger charge is -2.40. The van der Waals surface area contributed by atoms with Gasteiger partial charge in [-0.2, -0.15) is 5.10 Å². The molecule has 2 amide bonds. The standard InChI is InChI=1S/C22H34N4O2/c1-14-18(13-23-25(14)5)20-17(12-19(27)26(20)16-6-7-16)21(28)24(4)15-8-10-22(2,3)11-9-15/h13,15-17,20H,6-12H2,1-5H3/t17-,20-/m1/s1. The van der Waals surface area contributed by atoms with Crippen molar-refractivity contribution < 1.29 is 9.59 Å². The van der Waals surface area contributed by atoms with Crippen LogP contribution in [0.5, 0.6) is 0 Å². The summed E-state index contributed by atoms with van der Waals surface area (Å²) in [4.78, 5) is 30.4. The Balaban J connectivity index is 1.58. The van der Waals surface area contributed by atoms with Crippen LogP contribution >= 0.6 is 0 Å². The molecule has 154 valence electrons. The molecule has 0 spiro atoms. The van der Waals surface area contributed by atoms with Gasteiger partial charge in [-0.1, -0.05) is 13.8 Å². The predicted octanol–water partition coefficient (Wildman–Crippen LogP) is 3.21. The summed E-state index contributed by atoms with van der Waals surface area (Å²) in [5.74, 6) is -0.0299. The summed E-state index contributed by atoms with van der Waals surface area (Å²) in [6.45, 7) is 6.66. The second-order valence-corrected chi connectivity index (χ2v) is 9.94. The lowest BCUT2D eigenvalue weighted by atomic mass is 9.75. The van der Waals surface area contributed by atoms with E-state index in [1.807, 2.05) is 41.7 Å². The molecule has 6 heteroatoms. The first-order chi connectivity index (χ1) is 13.2. The number of aryl methyl sites for hydroxylation is 1. The first kappa shape index (κ1) is 19.5.